The summed E-state index contributed by atoms with van der Waals surface area (Å²) in [7, 11) is 0. The second-order valence-corrected chi connectivity index (χ2v) is 4.46. The van der Waals surface area contributed by atoms with Crippen molar-refractivity contribution in [1.82, 2.24) is 5.32 Å². The van der Waals surface area contributed by atoms with Gasteiger partial charge in [-0.25, -0.2) is 4.79 Å². The zero-order chi connectivity index (χ0) is 13.5. The number of amides is 2. The fraction of sp³-hybridized carbons (Fsp3) is 0.385. The van der Waals surface area contributed by atoms with Crippen LogP contribution < -0.4 is 10.6 Å². The van der Waals surface area contributed by atoms with E-state index in [0.29, 0.717) is 23.7 Å². The minimum Gasteiger partial charge on any atom is -0.481 e. The molecule has 0 saturated heterocycles. The maximum Gasteiger partial charge on any atom is 0.319 e. The third-order valence-electron chi connectivity index (χ3n) is 2.28. The first-order valence-corrected chi connectivity index (χ1v) is 5.83. The Hall–Kier alpha value is -2.04. The molecule has 0 bridgehead atoms. The van der Waals surface area contributed by atoms with Gasteiger partial charge >= 0.3 is 12.0 Å². The molecule has 18 heavy (non-hydrogen) atoms. The highest BCUT2D eigenvalue weighted by Crippen LogP contribution is 2.15. The third kappa shape index (κ3) is 4.86. The van der Waals surface area contributed by atoms with Gasteiger partial charge in [0.25, 0.3) is 0 Å². The van der Waals surface area contributed by atoms with Crippen LogP contribution in [0, 0.1) is 5.92 Å². The Balaban J connectivity index is 2.65. The van der Waals surface area contributed by atoms with Crippen LogP contribution in [-0.2, 0) is 11.2 Å². The molecule has 1 aromatic carbocycles. The van der Waals surface area contributed by atoms with Gasteiger partial charge in [-0.3, -0.25) is 4.79 Å². The van der Waals surface area contributed by atoms with E-state index in [0.717, 1.165) is 0 Å². The quantitative estimate of drug-likeness (QED) is 0.748. The number of hydrogen-bond acceptors (Lipinski definition) is 2. The highest BCUT2D eigenvalue weighted by Gasteiger charge is 2.09. The van der Waals surface area contributed by atoms with Crippen LogP contribution in [0.3, 0.4) is 0 Å². The molecule has 0 unspecified atom stereocenters. The largest absolute Gasteiger partial charge is 0.481 e. The van der Waals surface area contributed by atoms with Gasteiger partial charge in [-0.1, -0.05) is 32.0 Å². The normalized spacial score (nSPS) is 10.2. The predicted octanol–water partition coefficient (Wildman–Crippen LogP) is 2.09. The van der Waals surface area contributed by atoms with Gasteiger partial charge in [0.2, 0.25) is 0 Å². The Morgan fingerprint density at radius 2 is 1.94 bits per heavy atom. The van der Waals surface area contributed by atoms with Crippen molar-refractivity contribution in [2.75, 3.05) is 11.9 Å². The van der Waals surface area contributed by atoms with Crippen LogP contribution >= 0.6 is 0 Å². The van der Waals surface area contributed by atoms with Crippen molar-refractivity contribution in [3.05, 3.63) is 29.8 Å². The van der Waals surface area contributed by atoms with Crippen LogP contribution in [0.25, 0.3) is 0 Å². The molecule has 0 fully saturated rings. The monoisotopic (exact) mass is 250 g/mol. The number of nitrogens with one attached hydrogen (secondary N) is 2. The summed E-state index contributed by atoms with van der Waals surface area (Å²) in [5.41, 5.74) is 1.12. The van der Waals surface area contributed by atoms with Gasteiger partial charge in [-0.2, -0.15) is 0 Å². The molecule has 0 aliphatic carbocycles. The van der Waals surface area contributed by atoms with Crippen LogP contribution in [0.4, 0.5) is 10.5 Å². The molecule has 0 aliphatic heterocycles. The molecule has 0 saturated carbocycles. The van der Waals surface area contributed by atoms with Gasteiger partial charge in [0, 0.05) is 12.2 Å². The van der Waals surface area contributed by atoms with Crippen molar-refractivity contribution in [2.24, 2.45) is 5.92 Å². The lowest BCUT2D eigenvalue weighted by atomic mass is 10.1. The number of aliphatic carboxylic acids is 1. The average molecular weight is 250 g/mol. The summed E-state index contributed by atoms with van der Waals surface area (Å²) in [6.07, 6.45) is -0.110. The first-order valence-electron chi connectivity index (χ1n) is 5.83. The van der Waals surface area contributed by atoms with Gasteiger partial charge in [0.15, 0.2) is 0 Å². The first-order chi connectivity index (χ1) is 8.49. The highest BCUT2D eigenvalue weighted by atomic mass is 16.4. The molecule has 0 aliphatic rings. The van der Waals surface area contributed by atoms with Crippen molar-refractivity contribution >= 4 is 17.7 Å². The number of carboxylic acids is 1. The smallest absolute Gasteiger partial charge is 0.319 e. The van der Waals surface area contributed by atoms with Crippen molar-refractivity contribution < 1.29 is 14.7 Å². The third-order valence-corrected chi connectivity index (χ3v) is 2.28. The zero-order valence-electron chi connectivity index (χ0n) is 10.6. The Morgan fingerprint density at radius 3 is 2.56 bits per heavy atom. The molecular weight excluding hydrogens is 232 g/mol. The molecule has 1 rings (SSSR count). The van der Waals surface area contributed by atoms with E-state index in [1.807, 2.05) is 13.8 Å². The van der Waals surface area contributed by atoms with E-state index in [4.69, 9.17) is 5.11 Å². The number of carbonyl (C=O) groups excluding carboxylic acids is 1. The average Bonchev–Trinajstić information content (AvgIpc) is 2.28. The molecule has 0 radical (unpaired) electrons. The summed E-state index contributed by atoms with van der Waals surface area (Å²) in [4.78, 5) is 22.3. The Morgan fingerprint density at radius 1 is 1.28 bits per heavy atom. The molecule has 0 spiro atoms. The maximum absolute atomic E-state index is 11.6. The molecule has 0 aromatic heterocycles. The number of benzene rings is 1. The van der Waals surface area contributed by atoms with Crippen LogP contribution in [0.15, 0.2) is 24.3 Å². The SMILES string of the molecule is CC(C)CNC(=O)Nc1ccccc1CC(=O)O. The standard InChI is InChI=1S/C13H18N2O3/c1-9(2)8-14-13(18)15-11-6-4-3-5-10(11)7-12(16)17/h3-6,9H,7-8H2,1-2H3,(H,16,17)(H2,14,15,18). The van der Waals surface area contributed by atoms with Gasteiger partial charge < -0.3 is 15.7 Å². The number of anilines is 1. The van der Waals surface area contributed by atoms with Crippen LogP contribution in [0.1, 0.15) is 19.4 Å². The van der Waals surface area contributed by atoms with Gasteiger partial charge in [-0.05, 0) is 17.5 Å². The highest BCUT2D eigenvalue weighted by molar-refractivity contribution is 5.90. The number of carboxylic acid groups (broad SMARTS) is 1. The predicted molar refractivity (Wildman–Crippen MR) is 69.6 cm³/mol. The molecular formula is C13H18N2O3. The second-order valence-electron chi connectivity index (χ2n) is 4.46. The van der Waals surface area contributed by atoms with Crippen molar-refractivity contribution in [3.8, 4) is 0 Å². The summed E-state index contributed by atoms with van der Waals surface area (Å²) < 4.78 is 0. The summed E-state index contributed by atoms with van der Waals surface area (Å²) in [6, 6.07) is 6.56. The maximum atomic E-state index is 11.6. The Bertz CT molecular complexity index is 430. The van der Waals surface area contributed by atoms with E-state index in [2.05, 4.69) is 10.6 Å². The fourth-order valence-electron chi connectivity index (χ4n) is 1.42. The molecule has 1 aromatic rings. The molecule has 5 heteroatoms. The molecule has 0 atom stereocenters. The molecule has 98 valence electrons. The van der Waals surface area contributed by atoms with Crippen LogP contribution in [-0.4, -0.2) is 23.7 Å². The van der Waals surface area contributed by atoms with Crippen LogP contribution in [0.5, 0.6) is 0 Å². The number of carbonyl (C=O) groups is 2. The van der Waals surface area contributed by atoms with E-state index in [-0.39, 0.29) is 12.5 Å². The Labute approximate surface area is 106 Å². The summed E-state index contributed by atoms with van der Waals surface area (Å²) >= 11 is 0. The van der Waals surface area contributed by atoms with Gasteiger partial charge in [0.05, 0.1) is 6.42 Å². The van der Waals surface area contributed by atoms with E-state index in [9.17, 15) is 9.59 Å². The number of urea groups is 1. The van der Waals surface area contributed by atoms with Gasteiger partial charge in [-0.15, -0.1) is 0 Å². The minimum atomic E-state index is -0.924. The van der Waals surface area contributed by atoms with Crippen molar-refractivity contribution in [1.29, 1.82) is 0 Å². The minimum absolute atomic E-state index is 0.110. The topological polar surface area (TPSA) is 78.4 Å². The lowest BCUT2D eigenvalue weighted by molar-refractivity contribution is -0.136. The fourth-order valence-corrected chi connectivity index (χ4v) is 1.42. The van der Waals surface area contributed by atoms with E-state index in [1.165, 1.54) is 0 Å². The first kappa shape index (κ1) is 14.0. The van der Waals surface area contributed by atoms with Crippen molar-refractivity contribution in [3.63, 3.8) is 0 Å². The summed E-state index contributed by atoms with van der Waals surface area (Å²) in [5.74, 6) is -0.558. The number of rotatable bonds is 5. The van der Waals surface area contributed by atoms with E-state index < -0.39 is 5.97 Å². The molecule has 3 N–H and O–H groups in total. The van der Waals surface area contributed by atoms with Crippen molar-refractivity contribution in [2.45, 2.75) is 20.3 Å². The Kier molecular flexibility index (Phi) is 5.17. The number of para-hydroxylation sites is 1. The molecule has 5 nitrogen and oxygen atoms in total. The van der Waals surface area contributed by atoms with E-state index in [1.54, 1.807) is 24.3 Å². The summed E-state index contributed by atoms with van der Waals surface area (Å²) in [6.45, 7) is 4.57. The van der Waals surface area contributed by atoms with Gasteiger partial charge in [0.1, 0.15) is 0 Å². The molecule has 0 heterocycles. The lowest BCUT2D eigenvalue weighted by Crippen LogP contribution is -2.32. The second kappa shape index (κ2) is 6.64. The zero-order valence-corrected chi connectivity index (χ0v) is 10.6. The van der Waals surface area contributed by atoms with E-state index >= 15 is 0 Å². The molecule has 2 amide bonds. The number of hydrogen-bond donors (Lipinski definition) is 3. The van der Waals surface area contributed by atoms with Crippen LogP contribution in [0.2, 0.25) is 0 Å². The lowest BCUT2D eigenvalue weighted by Gasteiger charge is -2.12. The summed E-state index contributed by atoms with van der Waals surface area (Å²) in [5, 5.41) is 14.1.